The molecule has 0 aliphatic carbocycles. The minimum Gasteiger partial charge on any atom is -0.308 e. The molecule has 0 bridgehead atoms. The first-order valence-corrected chi connectivity index (χ1v) is 7.87. The summed E-state index contributed by atoms with van der Waals surface area (Å²) in [5, 5.41) is 0. The van der Waals surface area contributed by atoms with Crippen molar-refractivity contribution in [3.05, 3.63) is 65.7 Å². The van der Waals surface area contributed by atoms with Gasteiger partial charge in [-0.25, -0.2) is 0 Å². The molecule has 3 rings (SSSR count). The Morgan fingerprint density at radius 1 is 1.08 bits per heavy atom. The van der Waals surface area contributed by atoms with Crippen molar-refractivity contribution in [2.45, 2.75) is 20.0 Å². The number of halogens is 1. The summed E-state index contributed by atoms with van der Waals surface area (Å²) in [5.74, 6) is 0.189. The van der Waals surface area contributed by atoms with Crippen LogP contribution in [0.2, 0.25) is 0 Å². The summed E-state index contributed by atoms with van der Waals surface area (Å²) < 4.78 is 0. The molecule has 0 aromatic heterocycles. The average molecular weight is 388 g/mol. The number of nitrogens with zero attached hydrogens (tertiary/aromatic N) is 2. The Balaban J connectivity index is 0.00000208. The zero-order chi connectivity index (χ0) is 16.4. The van der Waals surface area contributed by atoms with Crippen LogP contribution in [0, 0.1) is 5.92 Å². The number of benzodiazepines with no additional fused rings is 1. The van der Waals surface area contributed by atoms with E-state index in [1.807, 2.05) is 54.6 Å². The van der Waals surface area contributed by atoms with Crippen LogP contribution >= 0.6 is 17.0 Å². The Labute approximate surface area is 153 Å². The summed E-state index contributed by atoms with van der Waals surface area (Å²) >= 11 is 0. The van der Waals surface area contributed by atoms with Crippen LogP contribution < -0.4 is 10.6 Å². The van der Waals surface area contributed by atoms with Gasteiger partial charge < -0.3 is 10.6 Å². The highest BCUT2D eigenvalue weighted by molar-refractivity contribution is 8.93. The number of amides is 1. The molecule has 0 fully saturated rings. The molecule has 5 heteroatoms. The lowest BCUT2D eigenvalue weighted by Crippen LogP contribution is -2.43. The van der Waals surface area contributed by atoms with Crippen molar-refractivity contribution >= 4 is 34.3 Å². The second kappa shape index (κ2) is 7.73. The summed E-state index contributed by atoms with van der Waals surface area (Å²) in [6, 6.07) is 17.7. The van der Waals surface area contributed by atoms with E-state index in [4.69, 9.17) is 5.73 Å². The lowest BCUT2D eigenvalue weighted by molar-refractivity contribution is -0.119. The van der Waals surface area contributed by atoms with Crippen molar-refractivity contribution in [3.8, 4) is 0 Å². The number of fused-ring (bicyclic) bond motifs is 1. The molecule has 1 aliphatic heterocycles. The summed E-state index contributed by atoms with van der Waals surface area (Å²) in [7, 11) is 0. The predicted octanol–water partition coefficient (Wildman–Crippen LogP) is 3.39. The van der Waals surface area contributed by atoms with Crippen molar-refractivity contribution in [2.24, 2.45) is 16.6 Å². The Morgan fingerprint density at radius 3 is 2.38 bits per heavy atom. The van der Waals surface area contributed by atoms with Crippen LogP contribution in [0.25, 0.3) is 0 Å². The summed E-state index contributed by atoms with van der Waals surface area (Å²) in [6.07, 6.45) is -0.878. The Morgan fingerprint density at radius 2 is 1.71 bits per heavy atom. The van der Waals surface area contributed by atoms with E-state index < -0.39 is 6.17 Å². The molecule has 0 radical (unpaired) electrons. The van der Waals surface area contributed by atoms with E-state index in [0.29, 0.717) is 12.5 Å². The van der Waals surface area contributed by atoms with Crippen LogP contribution in [-0.4, -0.2) is 24.3 Å². The van der Waals surface area contributed by atoms with Gasteiger partial charge in [0.1, 0.15) is 0 Å². The van der Waals surface area contributed by atoms with Gasteiger partial charge >= 0.3 is 0 Å². The standard InChI is InChI=1S/C19H21N3O.BrH/c1-13(2)12-22-16-11-7-6-10-15(16)17(21-18(20)19(22)23)14-8-4-3-5-9-14;/h3-11,13,18H,12,20H2,1-2H3;1H/t18-;/m1./s1. The number of benzene rings is 2. The number of hydrogen-bond donors (Lipinski definition) is 1. The number of carbonyl (C=O) groups is 1. The molecule has 126 valence electrons. The largest absolute Gasteiger partial charge is 0.308 e. The highest BCUT2D eigenvalue weighted by Crippen LogP contribution is 2.28. The molecular formula is C19H22BrN3O. The van der Waals surface area contributed by atoms with Gasteiger partial charge in [-0.05, 0) is 12.0 Å². The highest BCUT2D eigenvalue weighted by Gasteiger charge is 2.29. The van der Waals surface area contributed by atoms with Crippen LogP contribution in [0.4, 0.5) is 5.69 Å². The predicted molar refractivity (Wildman–Crippen MR) is 104 cm³/mol. The van der Waals surface area contributed by atoms with Gasteiger partial charge in [0.2, 0.25) is 0 Å². The van der Waals surface area contributed by atoms with Crippen molar-refractivity contribution in [2.75, 3.05) is 11.4 Å². The summed E-state index contributed by atoms with van der Waals surface area (Å²) in [5.41, 5.74) is 9.63. The van der Waals surface area contributed by atoms with Gasteiger partial charge in [0.25, 0.3) is 5.91 Å². The molecule has 0 saturated carbocycles. The molecule has 24 heavy (non-hydrogen) atoms. The van der Waals surface area contributed by atoms with E-state index in [0.717, 1.165) is 22.5 Å². The first-order chi connectivity index (χ1) is 11.1. The number of anilines is 1. The molecule has 2 aromatic rings. The van der Waals surface area contributed by atoms with Gasteiger partial charge in [0, 0.05) is 17.7 Å². The van der Waals surface area contributed by atoms with Crippen LogP contribution in [-0.2, 0) is 4.79 Å². The Bertz CT molecular complexity index is 743. The van der Waals surface area contributed by atoms with Gasteiger partial charge in [0.05, 0.1) is 11.4 Å². The van der Waals surface area contributed by atoms with E-state index in [-0.39, 0.29) is 22.9 Å². The SMILES string of the molecule is Br.CC(C)CN1C(=O)[C@H](N)N=C(c2ccccc2)c2ccccc21. The van der Waals surface area contributed by atoms with Crippen molar-refractivity contribution in [1.82, 2.24) is 0 Å². The van der Waals surface area contributed by atoms with Gasteiger partial charge in [-0.3, -0.25) is 9.79 Å². The maximum atomic E-state index is 12.7. The van der Waals surface area contributed by atoms with Crippen LogP contribution in [0.3, 0.4) is 0 Å². The fourth-order valence-corrected chi connectivity index (χ4v) is 2.83. The molecular weight excluding hydrogens is 366 g/mol. The molecule has 1 aliphatic rings. The number of carbonyl (C=O) groups excluding carboxylic acids is 1. The smallest absolute Gasteiger partial charge is 0.266 e. The van der Waals surface area contributed by atoms with E-state index in [9.17, 15) is 4.79 Å². The van der Waals surface area contributed by atoms with Crippen LogP contribution in [0.1, 0.15) is 25.0 Å². The molecule has 2 N–H and O–H groups in total. The molecule has 0 unspecified atom stereocenters. The molecule has 1 amide bonds. The average Bonchev–Trinajstić information content (AvgIpc) is 2.66. The molecule has 0 saturated heterocycles. The minimum atomic E-state index is -0.878. The van der Waals surface area contributed by atoms with Gasteiger partial charge in [0.15, 0.2) is 6.17 Å². The van der Waals surface area contributed by atoms with Crippen molar-refractivity contribution in [1.29, 1.82) is 0 Å². The highest BCUT2D eigenvalue weighted by atomic mass is 79.9. The Kier molecular flexibility index (Phi) is 5.91. The number of hydrogen-bond acceptors (Lipinski definition) is 3. The molecule has 1 atom stereocenters. The lowest BCUT2D eigenvalue weighted by atomic mass is 10.00. The molecule has 0 spiro atoms. The van der Waals surface area contributed by atoms with Crippen LogP contribution in [0.5, 0.6) is 0 Å². The third kappa shape index (κ3) is 3.57. The summed E-state index contributed by atoms with van der Waals surface area (Å²) in [4.78, 5) is 19.0. The van der Waals surface area contributed by atoms with E-state index in [2.05, 4.69) is 18.8 Å². The van der Waals surface area contributed by atoms with Crippen LogP contribution in [0.15, 0.2) is 59.6 Å². The first-order valence-electron chi connectivity index (χ1n) is 7.87. The maximum absolute atomic E-state index is 12.7. The number of rotatable bonds is 3. The maximum Gasteiger partial charge on any atom is 0.266 e. The molecule has 4 nitrogen and oxygen atoms in total. The van der Waals surface area contributed by atoms with Crippen molar-refractivity contribution in [3.63, 3.8) is 0 Å². The topological polar surface area (TPSA) is 58.7 Å². The number of para-hydroxylation sites is 1. The van der Waals surface area contributed by atoms with Gasteiger partial charge in [-0.1, -0.05) is 62.4 Å². The normalized spacial score (nSPS) is 17.0. The quantitative estimate of drug-likeness (QED) is 0.876. The molecule has 1 heterocycles. The lowest BCUT2D eigenvalue weighted by Gasteiger charge is -2.26. The second-order valence-corrected chi connectivity index (χ2v) is 6.15. The van der Waals surface area contributed by atoms with E-state index in [1.165, 1.54) is 0 Å². The monoisotopic (exact) mass is 387 g/mol. The van der Waals surface area contributed by atoms with E-state index in [1.54, 1.807) is 4.90 Å². The minimum absolute atomic E-state index is 0. The van der Waals surface area contributed by atoms with Crippen molar-refractivity contribution < 1.29 is 4.79 Å². The Hall–Kier alpha value is -1.98. The number of nitrogens with two attached hydrogens (primary N) is 1. The first kappa shape index (κ1) is 18.4. The molecule has 2 aromatic carbocycles. The van der Waals surface area contributed by atoms with Gasteiger partial charge in [-0.15, -0.1) is 17.0 Å². The van der Waals surface area contributed by atoms with Gasteiger partial charge in [-0.2, -0.15) is 0 Å². The third-order valence-electron chi connectivity index (χ3n) is 3.83. The fourth-order valence-electron chi connectivity index (χ4n) is 2.83. The fraction of sp³-hybridized carbons (Fsp3) is 0.263. The zero-order valence-corrected chi connectivity index (χ0v) is 15.6. The third-order valence-corrected chi connectivity index (χ3v) is 3.83. The second-order valence-electron chi connectivity index (χ2n) is 6.15. The summed E-state index contributed by atoms with van der Waals surface area (Å²) in [6.45, 7) is 4.80. The zero-order valence-electron chi connectivity index (χ0n) is 13.8. The van der Waals surface area contributed by atoms with E-state index >= 15 is 0 Å². The number of aliphatic imine (C=N–C) groups is 1.